The van der Waals surface area contributed by atoms with Gasteiger partial charge >= 0.3 is 5.69 Å². The summed E-state index contributed by atoms with van der Waals surface area (Å²) >= 11 is 0. The second-order valence-electron chi connectivity index (χ2n) is 6.00. The Bertz CT molecular complexity index is 873. The summed E-state index contributed by atoms with van der Waals surface area (Å²) in [5.74, 6) is 0.753. The van der Waals surface area contributed by atoms with E-state index in [9.17, 15) is 4.79 Å². The van der Waals surface area contributed by atoms with E-state index in [0.29, 0.717) is 11.7 Å². The molecular weight excluding hydrogens is 306 g/mol. The van der Waals surface area contributed by atoms with E-state index in [1.165, 1.54) is 9.96 Å². The quantitative estimate of drug-likeness (QED) is 0.729. The lowest BCUT2D eigenvalue weighted by Crippen LogP contribution is -2.46. The maximum Gasteiger partial charge on any atom is 0.347 e. The third kappa shape index (κ3) is 2.88. The number of pyridine rings is 1. The largest absolute Gasteiger partial charge is 0.352 e. The standard InChI is InChI=1S/C16H19N7O/c24-16-21-20-15-14(18-6-8-23(15)16)22-7-2-4-13(11-22)19-10-12-3-1-5-17-9-12/h1,3,5-6,8-9,13,19H,2,4,7,10-11H2,(H,21,24). The summed E-state index contributed by atoms with van der Waals surface area (Å²) in [4.78, 5) is 22.5. The number of anilines is 1. The van der Waals surface area contributed by atoms with Crippen LogP contribution in [0.1, 0.15) is 18.4 Å². The fourth-order valence-corrected chi connectivity index (χ4v) is 3.15. The van der Waals surface area contributed by atoms with Crippen LogP contribution < -0.4 is 15.9 Å². The molecule has 8 nitrogen and oxygen atoms in total. The van der Waals surface area contributed by atoms with Gasteiger partial charge in [0, 0.05) is 50.5 Å². The van der Waals surface area contributed by atoms with Gasteiger partial charge in [0.25, 0.3) is 0 Å². The molecule has 1 fully saturated rings. The van der Waals surface area contributed by atoms with Crippen molar-refractivity contribution >= 4 is 11.5 Å². The summed E-state index contributed by atoms with van der Waals surface area (Å²) in [5.41, 5.74) is 1.51. The predicted octanol–water partition coefficient (Wildman–Crippen LogP) is 0.571. The maximum atomic E-state index is 11.7. The van der Waals surface area contributed by atoms with Crippen LogP contribution in [-0.4, -0.2) is 43.7 Å². The molecule has 3 aromatic heterocycles. The fraction of sp³-hybridized carbons (Fsp3) is 0.375. The number of H-pyrrole nitrogens is 1. The van der Waals surface area contributed by atoms with Gasteiger partial charge < -0.3 is 10.2 Å². The SMILES string of the molecule is O=c1[nH]nc2c(N3CCCC(NCc4cccnc4)C3)nccn12. The number of aromatic nitrogens is 5. The van der Waals surface area contributed by atoms with E-state index in [1.807, 2.05) is 12.3 Å². The Hall–Kier alpha value is -2.74. The minimum atomic E-state index is -0.239. The van der Waals surface area contributed by atoms with Crippen LogP contribution >= 0.6 is 0 Å². The van der Waals surface area contributed by atoms with Crippen molar-refractivity contribution in [2.75, 3.05) is 18.0 Å². The molecule has 3 aromatic rings. The normalized spacial score (nSPS) is 18.2. The summed E-state index contributed by atoms with van der Waals surface area (Å²) in [7, 11) is 0. The Morgan fingerprint density at radius 2 is 2.33 bits per heavy atom. The number of hydrogen-bond acceptors (Lipinski definition) is 6. The molecule has 2 N–H and O–H groups in total. The second kappa shape index (κ2) is 6.40. The van der Waals surface area contributed by atoms with E-state index in [-0.39, 0.29) is 5.69 Å². The number of hydrogen-bond donors (Lipinski definition) is 2. The molecule has 4 heterocycles. The van der Waals surface area contributed by atoms with Gasteiger partial charge in [-0.1, -0.05) is 6.07 Å². The topological polar surface area (TPSA) is 91.2 Å². The van der Waals surface area contributed by atoms with Gasteiger partial charge in [-0.2, -0.15) is 0 Å². The Labute approximate surface area is 138 Å². The molecular formula is C16H19N7O. The van der Waals surface area contributed by atoms with Crippen LogP contribution in [0.4, 0.5) is 5.82 Å². The molecule has 0 radical (unpaired) electrons. The highest BCUT2D eigenvalue weighted by atomic mass is 16.1. The monoisotopic (exact) mass is 325 g/mol. The molecule has 8 heteroatoms. The average molecular weight is 325 g/mol. The van der Waals surface area contributed by atoms with Gasteiger partial charge in [0.15, 0.2) is 5.82 Å². The van der Waals surface area contributed by atoms with E-state index < -0.39 is 0 Å². The first-order valence-corrected chi connectivity index (χ1v) is 8.10. The van der Waals surface area contributed by atoms with E-state index in [0.717, 1.165) is 38.3 Å². The molecule has 1 aliphatic heterocycles. The first-order chi connectivity index (χ1) is 11.8. The highest BCUT2D eigenvalue weighted by molar-refractivity contribution is 5.63. The van der Waals surface area contributed by atoms with Crippen LogP contribution in [0.3, 0.4) is 0 Å². The van der Waals surface area contributed by atoms with Crippen molar-refractivity contribution < 1.29 is 0 Å². The summed E-state index contributed by atoms with van der Waals surface area (Å²) in [6.07, 6.45) is 9.13. The predicted molar refractivity (Wildman–Crippen MR) is 89.9 cm³/mol. The fourth-order valence-electron chi connectivity index (χ4n) is 3.15. The molecule has 0 bridgehead atoms. The molecule has 1 saturated heterocycles. The zero-order chi connectivity index (χ0) is 16.4. The van der Waals surface area contributed by atoms with E-state index in [1.54, 1.807) is 18.6 Å². The van der Waals surface area contributed by atoms with Crippen LogP contribution in [-0.2, 0) is 6.54 Å². The Morgan fingerprint density at radius 3 is 3.21 bits per heavy atom. The van der Waals surface area contributed by atoms with Crippen molar-refractivity contribution in [3.63, 3.8) is 0 Å². The van der Waals surface area contributed by atoms with E-state index in [2.05, 4.69) is 36.4 Å². The molecule has 0 spiro atoms. The van der Waals surface area contributed by atoms with Gasteiger partial charge in [0.05, 0.1) is 0 Å². The Morgan fingerprint density at radius 1 is 1.38 bits per heavy atom. The van der Waals surface area contributed by atoms with Gasteiger partial charge in [-0.3, -0.25) is 4.98 Å². The number of nitrogens with one attached hydrogen (secondary N) is 2. The summed E-state index contributed by atoms with van der Waals surface area (Å²) < 4.78 is 1.50. The lowest BCUT2D eigenvalue weighted by Gasteiger charge is -2.34. The maximum absolute atomic E-state index is 11.7. The number of fused-ring (bicyclic) bond motifs is 1. The molecule has 124 valence electrons. The molecule has 0 saturated carbocycles. The van der Waals surface area contributed by atoms with Crippen LogP contribution in [0.5, 0.6) is 0 Å². The summed E-state index contributed by atoms with van der Waals surface area (Å²) in [6.45, 7) is 2.55. The summed E-state index contributed by atoms with van der Waals surface area (Å²) in [6, 6.07) is 4.38. The van der Waals surface area contributed by atoms with Crippen molar-refractivity contribution in [3.8, 4) is 0 Å². The third-order valence-electron chi connectivity index (χ3n) is 4.36. The molecule has 24 heavy (non-hydrogen) atoms. The molecule has 1 atom stereocenters. The smallest absolute Gasteiger partial charge is 0.347 e. The molecule has 0 amide bonds. The van der Waals surface area contributed by atoms with Gasteiger partial charge in [-0.05, 0) is 24.5 Å². The van der Waals surface area contributed by atoms with Crippen molar-refractivity contribution in [1.29, 1.82) is 0 Å². The van der Waals surface area contributed by atoms with Gasteiger partial charge in [-0.25, -0.2) is 19.3 Å². The van der Waals surface area contributed by atoms with Crippen molar-refractivity contribution in [3.05, 3.63) is 53.0 Å². The van der Waals surface area contributed by atoms with Crippen molar-refractivity contribution in [2.24, 2.45) is 0 Å². The van der Waals surface area contributed by atoms with Crippen LogP contribution in [0.15, 0.2) is 41.7 Å². The number of nitrogens with zero attached hydrogens (tertiary/aromatic N) is 5. The molecule has 0 aromatic carbocycles. The summed E-state index contributed by atoms with van der Waals surface area (Å²) in [5, 5.41) is 10.2. The van der Waals surface area contributed by atoms with Crippen LogP contribution in [0.25, 0.3) is 5.65 Å². The highest BCUT2D eigenvalue weighted by Crippen LogP contribution is 2.20. The van der Waals surface area contributed by atoms with Crippen molar-refractivity contribution in [2.45, 2.75) is 25.4 Å². The number of rotatable bonds is 4. The average Bonchev–Trinajstić information content (AvgIpc) is 3.02. The first-order valence-electron chi connectivity index (χ1n) is 8.10. The number of aromatic amines is 1. The number of piperidine rings is 1. The minimum Gasteiger partial charge on any atom is -0.352 e. The van der Waals surface area contributed by atoms with E-state index in [4.69, 9.17) is 0 Å². The van der Waals surface area contributed by atoms with E-state index >= 15 is 0 Å². The zero-order valence-corrected chi connectivity index (χ0v) is 13.2. The molecule has 1 unspecified atom stereocenters. The first kappa shape index (κ1) is 14.8. The lowest BCUT2D eigenvalue weighted by atomic mass is 10.1. The Balaban J connectivity index is 1.49. The minimum absolute atomic E-state index is 0.239. The van der Waals surface area contributed by atoms with Crippen LogP contribution in [0, 0.1) is 0 Å². The Kier molecular flexibility index (Phi) is 3.96. The van der Waals surface area contributed by atoms with Gasteiger partial charge in [0.1, 0.15) is 0 Å². The van der Waals surface area contributed by atoms with Crippen molar-refractivity contribution in [1.82, 2.24) is 29.9 Å². The second-order valence-corrected chi connectivity index (χ2v) is 6.00. The molecule has 1 aliphatic rings. The molecule has 4 rings (SSSR count). The lowest BCUT2D eigenvalue weighted by molar-refractivity contribution is 0.420. The zero-order valence-electron chi connectivity index (χ0n) is 13.2. The van der Waals surface area contributed by atoms with Crippen LogP contribution in [0.2, 0.25) is 0 Å². The van der Waals surface area contributed by atoms with Gasteiger partial charge in [-0.15, -0.1) is 5.10 Å². The van der Waals surface area contributed by atoms with Gasteiger partial charge in [0.2, 0.25) is 5.65 Å². The molecule has 0 aliphatic carbocycles. The third-order valence-corrected chi connectivity index (χ3v) is 4.36. The highest BCUT2D eigenvalue weighted by Gasteiger charge is 2.23.